The second-order valence-corrected chi connectivity index (χ2v) is 9.71. The molecule has 0 saturated carbocycles. The summed E-state index contributed by atoms with van der Waals surface area (Å²) in [5, 5.41) is 21.6. The molecular weight excluding hydrogens is 534 g/mol. The lowest BCUT2D eigenvalue weighted by atomic mass is 9.93. The fourth-order valence-corrected chi connectivity index (χ4v) is 5.45. The van der Waals surface area contributed by atoms with E-state index in [4.69, 9.17) is 14.5 Å². The molecule has 3 aromatic carbocycles. The Morgan fingerprint density at radius 2 is 1.88 bits per heavy atom. The third kappa shape index (κ3) is 4.90. The molecule has 0 aliphatic carbocycles. The maximum Gasteiger partial charge on any atom is 0.338 e. The van der Waals surface area contributed by atoms with Crippen molar-refractivity contribution < 1.29 is 24.3 Å². The summed E-state index contributed by atoms with van der Waals surface area (Å²) < 4.78 is 12.3. The molecule has 1 N–H and O–H groups in total. The van der Waals surface area contributed by atoms with E-state index in [2.05, 4.69) is 0 Å². The van der Waals surface area contributed by atoms with Crippen LogP contribution in [0.4, 0.5) is 5.69 Å². The van der Waals surface area contributed by atoms with E-state index in [0.29, 0.717) is 27.4 Å². The van der Waals surface area contributed by atoms with Crippen molar-refractivity contribution in [2.45, 2.75) is 13.0 Å². The number of nitro groups is 1. The van der Waals surface area contributed by atoms with Gasteiger partial charge in [-0.1, -0.05) is 53.8 Å². The van der Waals surface area contributed by atoms with Crippen LogP contribution in [0.15, 0.2) is 88.2 Å². The maximum atomic E-state index is 13.9. The lowest BCUT2D eigenvalue weighted by molar-refractivity contribution is -0.384. The Morgan fingerprint density at radius 1 is 1.15 bits per heavy atom. The number of hydrogen-bond acceptors (Lipinski definition) is 9. The number of aromatic nitrogens is 1. The number of esters is 1. The number of methoxy groups -OCH3 is 1. The van der Waals surface area contributed by atoms with Gasteiger partial charge in [0.15, 0.2) is 4.80 Å². The SMILES string of the molecule is CCOC(=O)C1=C(c2ccccc2)N=c2s/c(=C\c3cc([N+](=O)[O-])ccc3O)c(=O)n2[C@H]1c1ccc(OC)cc1. The standard InChI is InChI=1S/C29H23N3O7S/c1-3-39-28(35)24-25(17-7-5-4-6-8-17)30-29-31(26(24)18-9-12-21(38-2)13-10-18)27(34)23(40-29)16-19-15-20(32(36)37)11-14-22(19)33/h4-16,26,33H,3H2,1-2H3/b23-16-/t26-/m0/s1. The van der Waals surface area contributed by atoms with Gasteiger partial charge in [0.25, 0.3) is 11.2 Å². The lowest BCUT2D eigenvalue weighted by Crippen LogP contribution is -2.40. The van der Waals surface area contributed by atoms with Crippen LogP contribution < -0.4 is 19.6 Å². The summed E-state index contributed by atoms with van der Waals surface area (Å²) in [4.78, 5) is 43.1. The summed E-state index contributed by atoms with van der Waals surface area (Å²) in [7, 11) is 1.54. The van der Waals surface area contributed by atoms with Crippen LogP contribution in [0, 0.1) is 10.1 Å². The minimum atomic E-state index is -0.891. The molecule has 0 spiro atoms. The third-order valence-corrected chi connectivity index (χ3v) is 7.30. The molecule has 10 nitrogen and oxygen atoms in total. The number of hydrogen-bond donors (Lipinski definition) is 1. The number of carbonyl (C=O) groups is 1. The molecule has 40 heavy (non-hydrogen) atoms. The van der Waals surface area contributed by atoms with Gasteiger partial charge in [0.05, 0.1) is 40.5 Å². The van der Waals surface area contributed by atoms with Gasteiger partial charge in [-0.25, -0.2) is 9.79 Å². The number of nitro benzene ring substituents is 1. The zero-order valence-corrected chi connectivity index (χ0v) is 22.3. The second-order valence-electron chi connectivity index (χ2n) is 8.70. The average molecular weight is 558 g/mol. The van der Waals surface area contributed by atoms with Gasteiger partial charge in [-0.3, -0.25) is 19.5 Å². The molecule has 2 heterocycles. The molecule has 1 aliphatic rings. The first kappa shape index (κ1) is 26.6. The third-order valence-electron chi connectivity index (χ3n) is 6.31. The van der Waals surface area contributed by atoms with E-state index >= 15 is 0 Å². The van der Waals surface area contributed by atoms with Gasteiger partial charge in [-0.05, 0) is 36.8 Å². The van der Waals surface area contributed by atoms with Crippen LogP contribution in [0.1, 0.15) is 29.7 Å². The average Bonchev–Trinajstić information content (AvgIpc) is 3.28. The molecule has 0 fully saturated rings. The van der Waals surface area contributed by atoms with Crippen molar-refractivity contribution in [3.05, 3.63) is 125 Å². The minimum absolute atomic E-state index is 0.105. The smallest absolute Gasteiger partial charge is 0.338 e. The van der Waals surface area contributed by atoms with Crippen molar-refractivity contribution in [3.63, 3.8) is 0 Å². The van der Waals surface area contributed by atoms with Gasteiger partial charge >= 0.3 is 5.97 Å². The van der Waals surface area contributed by atoms with Crippen LogP contribution in [0.2, 0.25) is 0 Å². The summed E-state index contributed by atoms with van der Waals surface area (Å²) in [5.74, 6) is -0.237. The van der Waals surface area contributed by atoms with Gasteiger partial charge < -0.3 is 14.6 Å². The molecule has 0 unspecified atom stereocenters. The first-order valence-electron chi connectivity index (χ1n) is 12.2. The van der Waals surface area contributed by atoms with Gasteiger partial charge in [0, 0.05) is 23.3 Å². The summed E-state index contributed by atoms with van der Waals surface area (Å²) in [6.45, 7) is 1.82. The Hall–Kier alpha value is -5.03. The van der Waals surface area contributed by atoms with E-state index in [0.717, 1.165) is 11.3 Å². The molecule has 0 radical (unpaired) electrons. The molecule has 0 amide bonds. The van der Waals surface area contributed by atoms with E-state index in [1.165, 1.54) is 28.8 Å². The zero-order valence-electron chi connectivity index (χ0n) is 21.4. The largest absolute Gasteiger partial charge is 0.507 e. The van der Waals surface area contributed by atoms with Gasteiger partial charge in [-0.15, -0.1) is 0 Å². The Morgan fingerprint density at radius 3 is 2.52 bits per heavy atom. The molecule has 11 heteroatoms. The molecule has 202 valence electrons. The Bertz CT molecular complexity index is 1820. The number of rotatable bonds is 7. The van der Waals surface area contributed by atoms with Crippen LogP contribution in [0.3, 0.4) is 0 Å². The molecule has 5 rings (SSSR count). The topological polar surface area (TPSA) is 133 Å². The molecule has 1 aromatic heterocycles. The highest BCUT2D eigenvalue weighted by molar-refractivity contribution is 7.07. The molecule has 1 aliphatic heterocycles. The van der Waals surface area contributed by atoms with Crippen molar-refractivity contribution >= 4 is 34.8 Å². The summed E-state index contributed by atoms with van der Waals surface area (Å²) in [6, 6.07) is 18.8. The number of non-ortho nitro benzene ring substituents is 1. The Kier molecular flexibility index (Phi) is 7.30. The fraction of sp³-hybridized carbons (Fsp3) is 0.138. The number of aromatic hydroxyl groups is 1. The van der Waals surface area contributed by atoms with Gasteiger partial charge in [0.2, 0.25) is 0 Å². The van der Waals surface area contributed by atoms with Crippen LogP contribution in [-0.4, -0.2) is 34.3 Å². The summed E-state index contributed by atoms with van der Waals surface area (Å²) in [5.41, 5.74) is 1.24. The number of phenols is 1. The number of thiazole rings is 1. The van der Waals surface area contributed by atoms with Crippen LogP contribution >= 0.6 is 11.3 Å². The van der Waals surface area contributed by atoms with Crippen LogP contribution in [0.25, 0.3) is 11.8 Å². The zero-order chi connectivity index (χ0) is 28.4. The highest BCUT2D eigenvalue weighted by Gasteiger charge is 2.35. The van der Waals surface area contributed by atoms with Gasteiger partial charge in [0.1, 0.15) is 11.5 Å². The number of fused-ring (bicyclic) bond motifs is 1. The van der Waals surface area contributed by atoms with Crippen LogP contribution in [-0.2, 0) is 9.53 Å². The normalized spacial score (nSPS) is 14.8. The van der Waals surface area contributed by atoms with Gasteiger partial charge in [-0.2, -0.15) is 0 Å². The number of nitrogens with zero attached hydrogens (tertiary/aromatic N) is 3. The summed E-state index contributed by atoms with van der Waals surface area (Å²) in [6.07, 6.45) is 1.38. The number of ether oxygens (including phenoxy) is 2. The quantitative estimate of drug-likeness (QED) is 0.209. The lowest BCUT2D eigenvalue weighted by Gasteiger charge is -2.26. The first-order chi connectivity index (χ1) is 19.3. The van der Waals surface area contributed by atoms with Crippen molar-refractivity contribution in [2.24, 2.45) is 4.99 Å². The molecule has 0 saturated heterocycles. The van der Waals surface area contributed by atoms with E-state index in [9.17, 15) is 24.8 Å². The summed E-state index contributed by atoms with van der Waals surface area (Å²) >= 11 is 1.05. The minimum Gasteiger partial charge on any atom is -0.507 e. The van der Waals surface area contributed by atoms with Crippen molar-refractivity contribution in [1.82, 2.24) is 4.57 Å². The van der Waals surface area contributed by atoms with Crippen molar-refractivity contribution in [2.75, 3.05) is 13.7 Å². The van der Waals surface area contributed by atoms with Crippen LogP contribution in [0.5, 0.6) is 11.5 Å². The second kappa shape index (κ2) is 11.0. The van der Waals surface area contributed by atoms with E-state index < -0.39 is 22.5 Å². The first-order valence-corrected chi connectivity index (χ1v) is 13.0. The molecule has 1 atom stereocenters. The predicted octanol–water partition coefficient (Wildman–Crippen LogP) is 3.56. The van der Waals surface area contributed by atoms with Crippen molar-refractivity contribution in [3.8, 4) is 11.5 Å². The molecule has 0 bridgehead atoms. The Balaban J connectivity index is 1.82. The highest BCUT2D eigenvalue weighted by Crippen LogP contribution is 2.35. The van der Waals surface area contributed by atoms with E-state index in [1.807, 2.05) is 30.3 Å². The predicted molar refractivity (Wildman–Crippen MR) is 149 cm³/mol. The maximum absolute atomic E-state index is 13.9. The highest BCUT2D eigenvalue weighted by atomic mass is 32.1. The number of carbonyl (C=O) groups excluding carboxylic acids is 1. The van der Waals surface area contributed by atoms with E-state index in [-0.39, 0.29) is 33.7 Å². The molecule has 4 aromatic rings. The molecular formula is C29H23N3O7S. The number of phenolic OH excluding ortho intramolecular Hbond substituents is 1. The van der Waals surface area contributed by atoms with E-state index in [1.54, 1.807) is 38.3 Å². The fourth-order valence-electron chi connectivity index (χ4n) is 4.45. The van der Waals surface area contributed by atoms with Crippen molar-refractivity contribution in [1.29, 1.82) is 0 Å². The number of benzene rings is 3. The monoisotopic (exact) mass is 557 g/mol. The Labute approximate surface area is 231 Å².